The van der Waals surface area contributed by atoms with Crippen molar-refractivity contribution in [1.82, 2.24) is 9.78 Å². The third kappa shape index (κ3) is 3.94. The van der Waals surface area contributed by atoms with Crippen LogP contribution in [0.1, 0.15) is 34.2 Å². The van der Waals surface area contributed by atoms with Gasteiger partial charge in [-0.25, -0.2) is 4.68 Å². The van der Waals surface area contributed by atoms with Crippen molar-refractivity contribution in [3.8, 4) is 28.5 Å². The standard InChI is InChI=1S/C26H22N4O3/c1-4-30-26(32)22(24(31)28-25-20(15-27)16(2)17(3)33-25)21(18-11-7-5-8-12-18)23(29-30)19-13-9-6-10-14-19/h5-14H,4H2,1-3H3,(H,28,31). The maximum Gasteiger partial charge on any atom is 0.280 e. The number of aryl methyl sites for hydroxylation is 2. The van der Waals surface area contributed by atoms with Gasteiger partial charge in [0.25, 0.3) is 11.5 Å². The lowest BCUT2D eigenvalue weighted by molar-refractivity contribution is 0.102. The first kappa shape index (κ1) is 21.8. The monoisotopic (exact) mass is 438 g/mol. The summed E-state index contributed by atoms with van der Waals surface area (Å²) in [6, 6.07) is 20.7. The second-order valence-corrected chi connectivity index (χ2v) is 7.50. The number of hydrogen-bond acceptors (Lipinski definition) is 5. The number of nitrogens with one attached hydrogen (secondary N) is 1. The van der Waals surface area contributed by atoms with Gasteiger partial charge in [0.2, 0.25) is 5.88 Å². The first-order valence-electron chi connectivity index (χ1n) is 10.5. The second-order valence-electron chi connectivity index (χ2n) is 7.50. The lowest BCUT2D eigenvalue weighted by Crippen LogP contribution is -2.32. The molecule has 1 amide bonds. The third-order valence-electron chi connectivity index (χ3n) is 5.52. The molecule has 0 unspecified atom stereocenters. The van der Waals surface area contributed by atoms with Gasteiger partial charge in [-0.15, -0.1) is 0 Å². The van der Waals surface area contributed by atoms with Crippen LogP contribution in [0.5, 0.6) is 0 Å². The highest BCUT2D eigenvalue weighted by molar-refractivity contribution is 6.10. The molecule has 2 aromatic carbocycles. The van der Waals surface area contributed by atoms with E-state index in [9.17, 15) is 14.9 Å². The Morgan fingerprint density at radius 3 is 2.24 bits per heavy atom. The number of hydrogen-bond donors (Lipinski definition) is 1. The van der Waals surface area contributed by atoms with Gasteiger partial charge in [-0.3, -0.25) is 14.9 Å². The molecule has 0 aliphatic carbocycles. The number of benzene rings is 2. The summed E-state index contributed by atoms with van der Waals surface area (Å²) in [4.78, 5) is 26.9. The summed E-state index contributed by atoms with van der Waals surface area (Å²) in [5.41, 5.74) is 2.68. The number of aromatic nitrogens is 2. The number of anilines is 1. The molecule has 0 saturated carbocycles. The van der Waals surface area contributed by atoms with Crippen molar-refractivity contribution in [3.05, 3.63) is 93.5 Å². The van der Waals surface area contributed by atoms with Crippen LogP contribution in [0.4, 0.5) is 5.88 Å². The zero-order valence-corrected chi connectivity index (χ0v) is 18.5. The van der Waals surface area contributed by atoms with E-state index in [0.29, 0.717) is 28.1 Å². The van der Waals surface area contributed by atoms with Crippen molar-refractivity contribution in [2.24, 2.45) is 0 Å². The minimum Gasteiger partial charge on any atom is -0.444 e. The van der Waals surface area contributed by atoms with Gasteiger partial charge in [0.15, 0.2) is 0 Å². The Kier molecular flexibility index (Phi) is 5.92. The Hall–Kier alpha value is -4.44. The molecule has 0 saturated heterocycles. The lowest BCUT2D eigenvalue weighted by atomic mass is 9.95. The SMILES string of the molecule is CCn1nc(-c2ccccc2)c(-c2ccccc2)c(C(=O)Nc2oc(C)c(C)c2C#N)c1=O. The quantitative estimate of drug-likeness (QED) is 0.476. The normalized spacial score (nSPS) is 10.6. The van der Waals surface area contributed by atoms with Crippen LogP contribution in [0.2, 0.25) is 0 Å². The van der Waals surface area contributed by atoms with E-state index in [1.807, 2.05) is 60.7 Å². The summed E-state index contributed by atoms with van der Waals surface area (Å²) in [5.74, 6) is -0.112. The van der Waals surface area contributed by atoms with Crippen molar-refractivity contribution in [3.63, 3.8) is 0 Å². The minimum absolute atomic E-state index is 0.0250. The molecule has 164 valence electrons. The third-order valence-corrected chi connectivity index (χ3v) is 5.52. The molecule has 2 aromatic heterocycles. The van der Waals surface area contributed by atoms with Crippen molar-refractivity contribution in [1.29, 1.82) is 5.26 Å². The summed E-state index contributed by atoms with van der Waals surface area (Å²) in [6.07, 6.45) is 0. The Bertz CT molecular complexity index is 1430. The van der Waals surface area contributed by atoms with Crippen molar-refractivity contribution >= 4 is 11.8 Å². The molecule has 33 heavy (non-hydrogen) atoms. The summed E-state index contributed by atoms with van der Waals surface area (Å²) < 4.78 is 6.88. The van der Waals surface area contributed by atoms with Gasteiger partial charge in [-0.1, -0.05) is 60.7 Å². The van der Waals surface area contributed by atoms with E-state index in [0.717, 1.165) is 5.56 Å². The fraction of sp³-hybridized carbons (Fsp3) is 0.154. The van der Waals surface area contributed by atoms with Crippen LogP contribution in [0.15, 0.2) is 69.9 Å². The van der Waals surface area contributed by atoms with Crippen molar-refractivity contribution in [2.45, 2.75) is 27.3 Å². The molecule has 0 aliphatic heterocycles. The maximum absolute atomic E-state index is 13.5. The van der Waals surface area contributed by atoms with Gasteiger partial charge in [0, 0.05) is 23.2 Å². The predicted octanol–water partition coefficient (Wildman–Crippen LogP) is 4.93. The first-order chi connectivity index (χ1) is 16.0. The Morgan fingerprint density at radius 2 is 1.67 bits per heavy atom. The van der Waals surface area contributed by atoms with Gasteiger partial charge in [-0.05, 0) is 26.3 Å². The highest BCUT2D eigenvalue weighted by Gasteiger charge is 2.27. The Labute approximate surface area is 190 Å². The number of amides is 1. The molecular weight excluding hydrogens is 416 g/mol. The number of carbonyl (C=O) groups excluding carboxylic acids is 1. The summed E-state index contributed by atoms with van der Waals surface area (Å²) in [6.45, 7) is 5.54. The molecule has 7 nitrogen and oxygen atoms in total. The second kappa shape index (κ2) is 8.97. The van der Waals surface area contributed by atoms with E-state index in [4.69, 9.17) is 4.42 Å². The average molecular weight is 438 g/mol. The minimum atomic E-state index is -0.661. The summed E-state index contributed by atoms with van der Waals surface area (Å²) in [5, 5.41) is 16.8. The van der Waals surface area contributed by atoms with Crippen LogP contribution in [-0.4, -0.2) is 15.7 Å². The molecule has 0 fully saturated rings. The van der Waals surface area contributed by atoms with Crippen LogP contribution in [0.3, 0.4) is 0 Å². The number of nitriles is 1. The van der Waals surface area contributed by atoms with Crippen LogP contribution >= 0.6 is 0 Å². The van der Waals surface area contributed by atoms with Crippen LogP contribution in [0.25, 0.3) is 22.4 Å². The molecule has 0 aliphatic rings. The molecular formula is C26H22N4O3. The molecule has 0 radical (unpaired) electrons. The van der Waals surface area contributed by atoms with E-state index in [1.54, 1.807) is 20.8 Å². The number of rotatable bonds is 5. The first-order valence-corrected chi connectivity index (χ1v) is 10.5. The Balaban J connectivity index is 1.99. The van der Waals surface area contributed by atoms with E-state index in [-0.39, 0.29) is 23.6 Å². The average Bonchev–Trinajstić information content (AvgIpc) is 3.11. The lowest BCUT2D eigenvalue weighted by Gasteiger charge is -2.16. The van der Waals surface area contributed by atoms with E-state index in [1.165, 1.54) is 4.68 Å². The Morgan fingerprint density at radius 1 is 1.06 bits per heavy atom. The number of nitrogens with zero attached hydrogens (tertiary/aromatic N) is 3. The highest BCUT2D eigenvalue weighted by Crippen LogP contribution is 2.33. The molecule has 7 heteroatoms. The fourth-order valence-corrected chi connectivity index (χ4v) is 3.69. The van der Waals surface area contributed by atoms with E-state index >= 15 is 0 Å². The molecule has 4 aromatic rings. The number of carbonyl (C=O) groups is 1. The van der Waals surface area contributed by atoms with Crippen LogP contribution in [0, 0.1) is 25.2 Å². The molecule has 1 N–H and O–H groups in total. The summed E-state index contributed by atoms with van der Waals surface area (Å²) >= 11 is 0. The molecule has 4 rings (SSSR count). The molecule has 0 atom stereocenters. The van der Waals surface area contributed by atoms with Crippen LogP contribution in [-0.2, 0) is 6.54 Å². The zero-order valence-electron chi connectivity index (χ0n) is 18.5. The van der Waals surface area contributed by atoms with Crippen molar-refractivity contribution in [2.75, 3.05) is 5.32 Å². The van der Waals surface area contributed by atoms with Gasteiger partial charge in [0.05, 0.1) is 5.69 Å². The van der Waals surface area contributed by atoms with Gasteiger partial charge in [-0.2, -0.15) is 10.4 Å². The van der Waals surface area contributed by atoms with Gasteiger partial charge in [0.1, 0.15) is 23.0 Å². The molecule has 0 spiro atoms. The van der Waals surface area contributed by atoms with Crippen LogP contribution < -0.4 is 10.9 Å². The molecule has 2 heterocycles. The maximum atomic E-state index is 13.5. The zero-order chi connectivity index (χ0) is 23.5. The smallest absolute Gasteiger partial charge is 0.280 e. The predicted molar refractivity (Wildman–Crippen MR) is 126 cm³/mol. The largest absolute Gasteiger partial charge is 0.444 e. The molecule has 0 bridgehead atoms. The topological polar surface area (TPSA) is 101 Å². The van der Waals surface area contributed by atoms with E-state index < -0.39 is 11.5 Å². The van der Waals surface area contributed by atoms with E-state index in [2.05, 4.69) is 16.5 Å². The van der Waals surface area contributed by atoms with Gasteiger partial charge < -0.3 is 4.42 Å². The number of furan rings is 1. The van der Waals surface area contributed by atoms with Crippen molar-refractivity contribution < 1.29 is 9.21 Å². The fourth-order valence-electron chi connectivity index (χ4n) is 3.69. The van der Waals surface area contributed by atoms with Gasteiger partial charge >= 0.3 is 0 Å². The summed E-state index contributed by atoms with van der Waals surface area (Å²) in [7, 11) is 0. The highest BCUT2D eigenvalue weighted by atomic mass is 16.4.